The average Bonchev–Trinajstić information content (AvgIpc) is 3.10. The third kappa shape index (κ3) is 5.17. The topological polar surface area (TPSA) is 110 Å². The summed E-state index contributed by atoms with van der Waals surface area (Å²) in [6.07, 6.45) is 5.22. The molecule has 0 unspecified atom stereocenters. The first-order chi connectivity index (χ1) is 19.2. The van der Waals surface area contributed by atoms with E-state index < -0.39 is 5.69 Å². The molecule has 10 heteroatoms. The molecule has 0 saturated carbocycles. The molecule has 1 fully saturated rings. The van der Waals surface area contributed by atoms with Crippen molar-refractivity contribution in [1.29, 1.82) is 0 Å². The third-order valence-electron chi connectivity index (χ3n) is 8.16. The van der Waals surface area contributed by atoms with Crippen LogP contribution in [0.2, 0.25) is 0 Å². The van der Waals surface area contributed by atoms with E-state index >= 15 is 0 Å². The Hall–Kier alpha value is -4.21. The molecule has 3 aromatic rings. The van der Waals surface area contributed by atoms with Crippen LogP contribution in [0.15, 0.2) is 52.3 Å². The maximum atomic E-state index is 13.4. The van der Waals surface area contributed by atoms with Gasteiger partial charge >= 0.3 is 11.7 Å². The minimum absolute atomic E-state index is 0.0137. The predicted molar refractivity (Wildman–Crippen MR) is 154 cm³/mol. The van der Waals surface area contributed by atoms with Crippen LogP contribution in [0.4, 0.5) is 10.6 Å². The number of carbonyl (C=O) groups excluding carboxylic acids is 2. The number of urea groups is 1. The summed E-state index contributed by atoms with van der Waals surface area (Å²) in [5, 5.41) is 2.92. The SMILES string of the molecule is Cc1cccc(-c2cn(CC(=O)N3CCC(N4CCc5cccnc5NC4=O)CC3)c(=O)n(C(C)C)c2=O)c1C. The number of pyridine rings is 1. The van der Waals surface area contributed by atoms with Crippen molar-refractivity contribution in [3.05, 3.63) is 80.3 Å². The Balaban J connectivity index is 1.32. The lowest BCUT2D eigenvalue weighted by molar-refractivity contribution is -0.133. The Bertz CT molecular complexity index is 1570. The number of aryl methyl sites for hydroxylation is 1. The highest BCUT2D eigenvalue weighted by atomic mass is 16.2. The van der Waals surface area contributed by atoms with Gasteiger partial charge in [-0.1, -0.05) is 24.3 Å². The number of anilines is 1. The van der Waals surface area contributed by atoms with E-state index in [0.29, 0.717) is 43.9 Å². The largest absolute Gasteiger partial charge is 0.341 e. The molecular formula is C30H36N6O4. The summed E-state index contributed by atoms with van der Waals surface area (Å²) < 4.78 is 2.58. The molecule has 0 bridgehead atoms. The third-order valence-corrected chi connectivity index (χ3v) is 8.16. The average molecular weight is 545 g/mol. The van der Waals surface area contributed by atoms with Crippen LogP contribution in [0, 0.1) is 13.8 Å². The molecule has 1 saturated heterocycles. The van der Waals surface area contributed by atoms with Gasteiger partial charge in [-0.3, -0.25) is 24.0 Å². The minimum atomic E-state index is -0.494. The normalized spacial score (nSPS) is 16.1. The Kier molecular flexibility index (Phi) is 7.60. The molecule has 4 heterocycles. The van der Waals surface area contributed by atoms with E-state index in [1.807, 2.05) is 49.1 Å². The molecule has 2 aromatic heterocycles. The molecule has 2 aliphatic rings. The Morgan fingerprint density at radius 3 is 2.50 bits per heavy atom. The zero-order valence-corrected chi connectivity index (χ0v) is 23.5. The number of fused-ring (bicyclic) bond motifs is 1. The lowest BCUT2D eigenvalue weighted by Crippen LogP contribution is -2.51. The number of aromatic nitrogens is 3. The van der Waals surface area contributed by atoms with Gasteiger partial charge < -0.3 is 9.80 Å². The molecule has 2 aliphatic heterocycles. The van der Waals surface area contributed by atoms with Gasteiger partial charge in [-0.15, -0.1) is 0 Å². The van der Waals surface area contributed by atoms with Crippen LogP contribution < -0.4 is 16.6 Å². The number of rotatable bonds is 5. The summed E-state index contributed by atoms with van der Waals surface area (Å²) in [5.41, 5.74) is 3.34. The number of carbonyl (C=O) groups is 2. The van der Waals surface area contributed by atoms with Crippen LogP contribution in [0.1, 0.15) is 49.4 Å². The first kappa shape index (κ1) is 27.4. The van der Waals surface area contributed by atoms with Crippen molar-refractivity contribution in [2.24, 2.45) is 0 Å². The van der Waals surface area contributed by atoms with E-state index in [9.17, 15) is 19.2 Å². The van der Waals surface area contributed by atoms with Crippen molar-refractivity contribution in [3.63, 3.8) is 0 Å². The Morgan fingerprint density at radius 2 is 1.77 bits per heavy atom. The number of piperidine rings is 1. The van der Waals surface area contributed by atoms with Crippen molar-refractivity contribution in [3.8, 4) is 11.1 Å². The number of amides is 3. The second-order valence-electron chi connectivity index (χ2n) is 11.0. The molecule has 0 radical (unpaired) electrons. The van der Waals surface area contributed by atoms with Gasteiger partial charge in [-0.2, -0.15) is 0 Å². The van der Waals surface area contributed by atoms with Gasteiger partial charge in [0.2, 0.25) is 5.91 Å². The number of hydrogen-bond donors (Lipinski definition) is 1. The fourth-order valence-electron chi connectivity index (χ4n) is 5.71. The number of nitrogens with zero attached hydrogens (tertiary/aromatic N) is 5. The molecule has 3 amide bonds. The van der Waals surface area contributed by atoms with Crippen LogP contribution in [0.5, 0.6) is 0 Å². The minimum Gasteiger partial charge on any atom is -0.341 e. The van der Waals surface area contributed by atoms with E-state index in [1.54, 1.807) is 24.9 Å². The van der Waals surface area contributed by atoms with Gasteiger partial charge in [-0.25, -0.2) is 14.6 Å². The molecule has 40 heavy (non-hydrogen) atoms. The highest BCUT2D eigenvalue weighted by molar-refractivity contribution is 5.90. The Morgan fingerprint density at radius 1 is 1.02 bits per heavy atom. The standard InChI is InChI=1S/C30H36N6O4/c1-19(2)36-28(38)25(24-9-5-7-20(3)21(24)4)17-34(30(36)40)18-26(37)33-14-11-23(12-15-33)35-16-10-22-8-6-13-31-27(22)32-29(35)39/h5-9,13,17,19,23H,10-12,14-16,18H2,1-4H3,(H,31,32,39). The van der Waals surface area contributed by atoms with Crippen molar-refractivity contribution < 1.29 is 9.59 Å². The van der Waals surface area contributed by atoms with Crippen LogP contribution >= 0.6 is 0 Å². The lowest BCUT2D eigenvalue weighted by Gasteiger charge is -2.38. The summed E-state index contributed by atoms with van der Waals surface area (Å²) in [7, 11) is 0. The number of benzene rings is 1. The van der Waals surface area contributed by atoms with Crippen LogP contribution in [0.3, 0.4) is 0 Å². The van der Waals surface area contributed by atoms with Gasteiger partial charge in [0, 0.05) is 44.1 Å². The fourth-order valence-corrected chi connectivity index (χ4v) is 5.71. The van der Waals surface area contributed by atoms with E-state index in [0.717, 1.165) is 28.7 Å². The number of likely N-dealkylation sites (tertiary alicyclic amines) is 1. The Labute approximate surface area is 233 Å². The first-order valence-corrected chi connectivity index (χ1v) is 13.9. The molecule has 0 spiro atoms. The number of hydrogen-bond acceptors (Lipinski definition) is 5. The summed E-state index contributed by atoms with van der Waals surface area (Å²) in [6.45, 7) is 8.93. The highest BCUT2D eigenvalue weighted by Crippen LogP contribution is 2.24. The summed E-state index contributed by atoms with van der Waals surface area (Å²) in [4.78, 5) is 60.8. The van der Waals surface area contributed by atoms with E-state index in [4.69, 9.17) is 0 Å². The van der Waals surface area contributed by atoms with E-state index in [2.05, 4.69) is 10.3 Å². The lowest BCUT2D eigenvalue weighted by atomic mass is 9.99. The van der Waals surface area contributed by atoms with Gasteiger partial charge in [-0.05, 0) is 75.3 Å². The van der Waals surface area contributed by atoms with Crippen molar-refractivity contribution >= 4 is 17.8 Å². The van der Waals surface area contributed by atoms with Gasteiger partial charge in [0.1, 0.15) is 12.4 Å². The summed E-state index contributed by atoms with van der Waals surface area (Å²) >= 11 is 0. The molecule has 5 rings (SSSR count). The van der Waals surface area contributed by atoms with Crippen molar-refractivity contribution in [1.82, 2.24) is 23.9 Å². The van der Waals surface area contributed by atoms with Crippen molar-refractivity contribution in [2.75, 3.05) is 25.0 Å². The maximum Gasteiger partial charge on any atom is 0.331 e. The number of nitrogens with one attached hydrogen (secondary N) is 1. The molecule has 210 valence electrons. The maximum absolute atomic E-state index is 13.4. The van der Waals surface area contributed by atoms with Crippen LogP contribution in [-0.4, -0.2) is 61.5 Å². The van der Waals surface area contributed by atoms with E-state index in [-0.39, 0.29) is 36.1 Å². The molecule has 10 nitrogen and oxygen atoms in total. The van der Waals surface area contributed by atoms with Crippen LogP contribution in [-0.2, 0) is 17.8 Å². The summed E-state index contributed by atoms with van der Waals surface area (Å²) in [5.74, 6) is 0.425. The molecule has 0 atom stereocenters. The van der Waals surface area contributed by atoms with Gasteiger partial charge in [0.05, 0.1) is 5.56 Å². The quantitative estimate of drug-likeness (QED) is 0.530. The second kappa shape index (κ2) is 11.1. The van der Waals surface area contributed by atoms with Crippen LogP contribution in [0.25, 0.3) is 11.1 Å². The zero-order chi connectivity index (χ0) is 28.6. The highest BCUT2D eigenvalue weighted by Gasteiger charge is 2.32. The zero-order valence-electron chi connectivity index (χ0n) is 23.5. The molecule has 1 N–H and O–H groups in total. The molecule has 1 aromatic carbocycles. The smallest absolute Gasteiger partial charge is 0.331 e. The molecular weight excluding hydrogens is 508 g/mol. The monoisotopic (exact) mass is 544 g/mol. The predicted octanol–water partition coefficient (Wildman–Crippen LogP) is 3.35. The van der Waals surface area contributed by atoms with Gasteiger partial charge in [0.25, 0.3) is 5.56 Å². The fraction of sp³-hybridized carbons (Fsp3) is 0.433. The van der Waals surface area contributed by atoms with Crippen molar-refractivity contribution in [2.45, 2.75) is 65.6 Å². The van der Waals surface area contributed by atoms with E-state index in [1.165, 1.54) is 15.3 Å². The molecule has 0 aliphatic carbocycles. The second-order valence-corrected chi connectivity index (χ2v) is 11.0. The summed E-state index contributed by atoms with van der Waals surface area (Å²) in [6, 6.07) is 9.08. The first-order valence-electron chi connectivity index (χ1n) is 13.9. The van der Waals surface area contributed by atoms with Gasteiger partial charge in [0.15, 0.2) is 0 Å².